The molecule has 0 fully saturated rings. The summed E-state index contributed by atoms with van der Waals surface area (Å²) < 4.78 is 0. The molecule has 1 heterocycles. The lowest BCUT2D eigenvalue weighted by Gasteiger charge is -2.13. The lowest BCUT2D eigenvalue weighted by Crippen LogP contribution is -2.08. The van der Waals surface area contributed by atoms with Crippen LogP contribution >= 0.6 is 0 Å². The molecule has 21 heavy (non-hydrogen) atoms. The van der Waals surface area contributed by atoms with Gasteiger partial charge in [-0.2, -0.15) is 0 Å². The molecule has 1 aliphatic rings. The van der Waals surface area contributed by atoms with Gasteiger partial charge in [0.2, 0.25) is 5.91 Å². The Kier molecular flexibility index (Phi) is 3.36. The number of fused-ring (bicyclic) bond motifs is 1. The van der Waals surface area contributed by atoms with Crippen LogP contribution in [0.1, 0.15) is 11.1 Å². The fraction of sp³-hybridized carbons (Fsp3) is 0.118. The van der Waals surface area contributed by atoms with E-state index >= 15 is 0 Å². The zero-order chi connectivity index (χ0) is 14.8. The third-order valence-corrected chi connectivity index (χ3v) is 3.37. The van der Waals surface area contributed by atoms with Crippen LogP contribution in [0.2, 0.25) is 0 Å². The molecule has 0 bridgehead atoms. The van der Waals surface area contributed by atoms with Gasteiger partial charge in [-0.15, -0.1) is 0 Å². The van der Waals surface area contributed by atoms with Gasteiger partial charge in [-0.05, 0) is 42.8 Å². The summed E-state index contributed by atoms with van der Waals surface area (Å²) in [6.07, 6.45) is 0.433. The van der Waals surface area contributed by atoms with Gasteiger partial charge in [0.25, 0.3) is 0 Å². The first-order valence-corrected chi connectivity index (χ1v) is 6.82. The number of benzene rings is 2. The summed E-state index contributed by atoms with van der Waals surface area (Å²) in [7, 11) is 0. The predicted molar refractivity (Wildman–Crippen MR) is 86.3 cm³/mol. The van der Waals surface area contributed by atoms with Crippen molar-refractivity contribution in [3.8, 4) is 0 Å². The first-order chi connectivity index (χ1) is 10.1. The molecule has 1 amide bonds. The molecule has 4 nitrogen and oxygen atoms in total. The maximum absolute atomic E-state index is 11.3. The summed E-state index contributed by atoms with van der Waals surface area (Å²) in [6, 6.07) is 13.9. The molecule has 0 unspecified atom stereocenters. The summed E-state index contributed by atoms with van der Waals surface area (Å²) in [5.74, 6) is 0.731. The molecule has 3 N–H and O–H groups in total. The largest absolute Gasteiger partial charge is 0.342 e. The second-order valence-electron chi connectivity index (χ2n) is 5.19. The summed E-state index contributed by atoms with van der Waals surface area (Å²) in [6.45, 7) is 6.02. The SMILES string of the molecule is C=C(Nc1ccc(C)cc1)Nc1ccc2c(c1)CC(=O)N2. The lowest BCUT2D eigenvalue weighted by molar-refractivity contribution is -0.115. The maximum Gasteiger partial charge on any atom is 0.228 e. The Morgan fingerprint density at radius 1 is 1.10 bits per heavy atom. The molecular weight excluding hydrogens is 262 g/mol. The molecule has 0 saturated heterocycles. The summed E-state index contributed by atoms with van der Waals surface area (Å²) in [5, 5.41) is 9.23. The van der Waals surface area contributed by atoms with Crippen LogP contribution in [0.5, 0.6) is 0 Å². The number of carbonyl (C=O) groups excluding carboxylic acids is 1. The van der Waals surface area contributed by atoms with Crippen molar-refractivity contribution in [2.45, 2.75) is 13.3 Å². The van der Waals surface area contributed by atoms with Crippen LogP contribution in [-0.2, 0) is 11.2 Å². The molecule has 2 aromatic carbocycles. The van der Waals surface area contributed by atoms with E-state index < -0.39 is 0 Å². The predicted octanol–water partition coefficient (Wildman–Crippen LogP) is 3.48. The van der Waals surface area contributed by atoms with Gasteiger partial charge in [-0.3, -0.25) is 4.79 Å². The molecule has 4 heteroatoms. The molecule has 0 saturated carbocycles. The summed E-state index contributed by atoms with van der Waals surface area (Å²) >= 11 is 0. The van der Waals surface area contributed by atoms with Gasteiger partial charge < -0.3 is 16.0 Å². The number of carbonyl (C=O) groups is 1. The van der Waals surface area contributed by atoms with Gasteiger partial charge in [-0.25, -0.2) is 0 Å². The zero-order valence-electron chi connectivity index (χ0n) is 11.9. The van der Waals surface area contributed by atoms with Gasteiger partial charge in [0.15, 0.2) is 0 Å². The molecule has 0 aliphatic carbocycles. The molecule has 106 valence electrons. The van der Waals surface area contributed by atoms with Crippen molar-refractivity contribution in [1.82, 2.24) is 0 Å². The maximum atomic E-state index is 11.3. The van der Waals surface area contributed by atoms with Gasteiger partial charge in [0, 0.05) is 17.1 Å². The minimum Gasteiger partial charge on any atom is -0.342 e. The zero-order valence-corrected chi connectivity index (χ0v) is 11.9. The smallest absolute Gasteiger partial charge is 0.228 e. The topological polar surface area (TPSA) is 53.2 Å². The number of hydrogen-bond acceptors (Lipinski definition) is 3. The highest BCUT2D eigenvalue weighted by atomic mass is 16.1. The Morgan fingerprint density at radius 2 is 1.76 bits per heavy atom. The van der Waals surface area contributed by atoms with E-state index in [1.807, 2.05) is 42.5 Å². The Hall–Kier alpha value is -2.75. The van der Waals surface area contributed by atoms with E-state index in [-0.39, 0.29) is 5.91 Å². The third-order valence-electron chi connectivity index (χ3n) is 3.37. The molecule has 0 aromatic heterocycles. The van der Waals surface area contributed by atoms with Crippen molar-refractivity contribution in [1.29, 1.82) is 0 Å². The average Bonchev–Trinajstić information content (AvgIpc) is 2.80. The van der Waals surface area contributed by atoms with Crippen LogP contribution in [0.25, 0.3) is 0 Å². The molecular formula is C17H17N3O. The Balaban J connectivity index is 1.66. The highest BCUT2D eigenvalue weighted by Gasteiger charge is 2.17. The Bertz CT molecular complexity index is 704. The number of anilines is 3. The minimum atomic E-state index is 0.0405. The quantitative estimate of drug-likeness (QED) is 0.803. The van der Waals surface area contributed by atoms with E-state index in [2.05, 4.69) is 29.5 Å². The van der Waals surface area contributed by atoms with Crippen molar-refractivity contribution in [2.75, 3.05) is 16.0 Å². The van der Waals surface area contributed by atoms with Crippen LogP contribution in [0.3, 0.4) is 0 Å². The number of aryl methyl sites for hydroxylation is 1. The highest BCUT2D eigenvalue weighted by molar-refractivity contribution is 5.99. The number of hydrogen-bond donors (Lipinski definition) is 3. The monoisotopic (exact) mass is 279 g/mol. The van der Waals surface area contributed by atoms with Crippen molar-refractivity contribution >= 4 is 23.0 Å². The first-order valence-electron chi connectivity index (χ1n) is 6.82. The van der Waals surface area contributed by atoms with Crippen molar-refractivity contribution in [3.63, 3.8) is 0 Å². The molecule has 0 atom stereocenters. The van der Waals surface area contributed by atoms with Gasteiger partial charge >= 0.3 is 0 Å². The second kappa shape index (κ2) is 5.32. The molecule has 0 radical (unpaired) electrons. The first kappa shape index (κ1) is 13.2. The van der Waals surface area contributed by atoms with Gasteiger partial charge in [0.05, 0.1) is 6.42 Å². The van der Waals surface area contributed by atoms with E-state index in [4.69, 9.17) is 0 Å². The van der Waals surface area contributed by atoms with Crippen LogP contribution in [-0.4, -0.2) is 5.91 Å². The third kappa shape index (κ3) is 3.05. The number of amides is 1. The standard InChI is InChI=1S/C17H17N3O/c1-11-3-5-14(6-4-11)18-12(2)19-15-7-8-16-13(9-15)10-17(21)20-16/h3-9,18-19H,2,10H2,1H3,(H,20,21). The van der Waals surface area contributed by atoms with Crippen LogP contribution in [0, 0.1) is 6.92 Å². The van der Waals surface area contributed by atoms with E-state index in [1.165, 1.54) is 5.56 Å². The summed E-state index contributed by atoms with van der Waals surface area (Å²) in [5.41, 5.74) is 5.01. The van der Waals surface area contributed by atoms with E-state index in [0.29, 0.717) is 12.2 Å². The Labute approximate surface area is 123 Å². The van der Waals surface area contributed by atoms with E-state index in [0.717, 1.165) is 22.6 Å². The second-order valence-corrected chi connectivity index (χ2v) is 5.19. The van der Waals surface area contributed by atoms with Crippen molar-refractivity contribution in [3.05, 3.63) is 66.0 Å². The van der Waals surface area contributed by atoms with E-state index in [1.54, 1.807) is 0 Å². The van der Waals surface area contributed by atoms with Crippen molar-refractivity contribution < 1.29 is 4.79 Å². The van der Waals surface area contributed by atoms with Crippen LogP contribution in [0.15, 0.2) is 54.9 Å². The fourth-order valence-corrected chi connectivity index (χ4v) is 2.32. The number of rotatable bonds is 4. The van der Waals surface area contributed by atoms with Gasteiger partial charge in [-0.1, -0.05) is 24.3 Å². The highest BCUT2D eigenvalue weighted by Crippen LogP contribution is 2.26. The summed E-state index contributed by atoms with van der Waals surface area (Å²) in [4.78, 5) is 11.3. The van der Waals surface area contributed by atoms with E-state index in [9.17, 15) is 4.79 Å². The van der Waals surface area contributed by atoms with Crippen LogP contribution in [0.4, 0.5) is 17.1 Å². The molecule has 2 aromatic rings. The molecule has 0 spiro atoms. The fourth-order valence-electron chi connectivity index (χ4n) is 2.32. The van der Waals surface area contributed by atoms with Crippen molar-refractivity contribution in [2.24, 2.45) is 0 Å². The average molecular weight is 279 g/mol. The Morgan fingerprint density at radius 3 is 2.52 bits per heavy atom. The van der Waals surface area contributed by atoms with Crippen LogP contribution < -0.4 is 16.0 Å². The molecule has 3 rings (SSSR count). The molecule has 1 aliphatic heterocycles. The normalized spacial score (nSPS) is 12.5. The number of nitrogens with one attached hydrogen (secondary N) is 3. The lowest BCUT2D eigenvalue weighted by atomic mass is 10.1. The van der Waals surface area contributed by atoms with Gasteiger partial charge in [0.1, 0.15) is 5.82 Å². The minimum absolute atomic E-state index is 0.0405.